The fourth-order valence-corrected chi connectivity index (χ4v) is 3.89. The van der Waals surface area contributed by atoms with Crippen molar-refractivity contribution in [2.45, 2.75) is 103 Å². The number of benzene rings is 1. The molecule has 0 radical (unpaired) electrons. The van der Waals surface area contributed by atoms with Gasteiger partial charge in [-0.1, -0.05) is 77.2 Å². The highest BCUT2D eigenvalue weighted by molar-refractivity contribution is 5.84. The number of hydrogen-bond donors (Lipinski definition) is 1. The van der Waals surface area contributed by atoms with Gasteiger partial charge in [0.25, 0.3) is 0 Å². The van der Waals surface area contributed by atoms with Crippen molar-refractivity contribution in [1.82, 2.24) is 5.32 Å². The fraction of sp³-hybridized carbons (Fsp3) is 0.692. The summed E-state index contributed by atoms with van der Waals surface area (Å²) in [6.45, 7) is 4.11. The average molecular weight is 479 g/mol. The number of nitro groups is 1. The topological polar surface area (TPSA) is 108 Å². The monoisotopic (exact) mass is 478 g/mol. The second kappa shape index (κ2) is 17.8. The Balaban J connectivity index is 2.45. The van der Waals surface area contributed by atoms with Gasteiger partial charge in [0.05, 0.1) is 18.6 Å². The predicted octanol–water partition coefficient (Wildman–Crippen LogP) is 5.89. The van der Waals surface area contributed by atoms with Crippen molar-refractivity contribution in [1.29, 1.82) is 0 Å². The van der Waals surface area contributed by atoms with Gasteiger partial charge >= 0.3 is 11.7 Å². The van der Waals surface area contributed by atoms with E-state index in [0.717, 1.165) is 19.3 Å². The minimum absolute atomic E-state index is 0.105. The first-order valence-electron chi connectivity index (χ1n) is 12.7. The van der Waals surface area contributed by atoms with E-state index < -0.39 is 16.9 Å². The molecule has 0 aliphatic carbocycles. The maximum absolute atomic E-state index is 12.4. The summed E-state index contributed by atoms with van der Waals surface area (Å²) in [5.41, 5.74) is 0.357. The molecule has 1 atom stereocenters. The molecule has 1 amide bonds. The van der Waals surface area contributed by atoms with Crippen molar-refractivity contribution < 1.29 is 24.0 Å². The van der Waals surface area contributed by atoms with Crippen LogP contribution in [0.1, 0.15) is 96.5 Å². The van der Waals surface area contributed by atoms with Crippen molar-refractivity contribution in [3.05, 3.63) is 33.9 Å². The highest BCUT2D eigenvalue weighted by atomic mass is 16.6. The lowest BCUT2D eigenvalue weighted by Crippen LogP contribution is -2.43. The van der Waals surface area contributed by atoms with Crippen LogP contribution >= 0.6 is 0 Å². The number of hydrogen-bond acceptors (Lipinski definition) is 6. The lowest BCUT2D eigenvalue weighted by molar-refractivity contribution is -0.385. The summed E-state index contributed by atoms with van der Waals surface area (Å²) in [6, 6.07) is 3.60. The van der Waals surface area contributed by atoms with Crippen molar-refractivity contribution in [3.63, 3.8) is 0 Å². The highest BCUT2D eigenvalue weighted by Crippen LogP contribution is 2.28. The molecular weight excluding hydrogens is 436 g/mol. The minimum atomic E-state index is -0.895. The van der Waals surface area contributed by atoms with E-state index in [1.54, 1.807) is 13.0 Å². The molecule has 1 aromatic rings. The van der Waals surface area contributed by atoms with Gasteiger partial charge in [-0.2, -0.15) is 0 Å². The molecule has 0 bridgehead atoms. The molecule has 0 unspecified atom stereocenters. The fourth-order valence-electron chi connectivity index (χ4n) is 3.89. The summed E-state index contributed by atoms with van der Waals surface area (Å²) >= 11 is 0. The normalized spacial score (nSPS) is 11.6. The summed E-state index contributed by atoms with van der Waals surface area (Å²) < 4.78 is 10.1. The number of ether oxygens (including phenoxy) is 2. The zero-order valence-electron chi connectivity index (χ0n) is 21.1. The van der Waals surface area contributed by atoms with Gasteiger partial charge in [0, 0.05) is 18.9 Å². The van der Waals surface area contributed by atoms with Crippen molar-refractivity contribution >= 4 is 17.6 Å². The van der Waals surface area contributed by atoms with Crippen molar-refractivity contribution in [2.24, 2.45) is 0 Å². The molecule has 34 heavy (non-hydrogen) atoms. The van der Waals surface area contributed by atoms with Crippen LogP contribution in [0.4, 0.5) is 5.69 Å². The van der Waals surface area contributed by atoms with E-state index in [2.05, 4.69) is 12.2 Å². The number of amides is 1. The van der Waals surface area contributed by atoms with Gasteiger partial charge in [-0.25, -0.2) is 4.79 Å². The van der Waals surface area contributed by atoms with Gasteiger partial charge in [0.1, 0.15) is 6.04 Å². The Bertz CT molecular complexity index is 753. The van der Waals surface area contributed by atoms with Gasteiger partial charge in [0.15, 0.2) is 5.75 Å². The standard InChI is InChI=1S/C26H42N2O6/c1-4-6-7-8-9-10-11-12-13-14-15-16-25(29)27-22(26(30)34-5-2)19-21-17-18-24(33-3)23(20-21)28(31)32/h17-18,20,22H,4-16,19H2,1-3H3,(H,27,29)/t22-/m1/s1. The molecule has 0 heterocycles. The first-order valence-corrected chi connectivity index (χ1v) is 12.7. The molecule has 1 aromatic carbocycles. The number of methoxy groups -OCH3 is 1. The van der Waals surface area contributed by atoms with E-state index in [1.165, 1.54) is 70.6 Å². The number of nitro benzene ring substituents is 1. The molecule has 1 rings (SSSR count). The predicted molar refractivity (Wildman–Crippen MR) is 133 cm³/mol. The SMILES string of the molecule is CCCCCCCCCCCCCC(=O)N[C@H](Cc1ccc(OC)c([N+](=O)[O-])c1)C(=O)OCC. The van der Waals surface area contributed by atoms with Crippen LogP contribution in [0.25, 0.3) is 0 Å². The summed E-state index contributed by atoms with van der Waals surface area (Å²) in [5.74, 6) is -0.618. The van der Waals surface area contributed by atoms with Crippen LogP contribution in [0.15, 0.2) is 18.2 Å². The van der Waals surface area contributed by atoms with Crippen LogP contribution in [0.2, 0.25) is 0 Å². The van der Waals surface area contributed by atoms with Crippen molar-refractivity contribution in [3.8, 4) is 5.75 Å². The van der Waals surface area contributed by atoms with Gasteiger partial charge in [-0.3, -0.25) is 14.9 Å². The number of esters is 1. The number of unbranched alkanes of at least 4 members (excludes halogenated alkanes) is 10. The average Bonchev–Trinajstić information content (AvgIpc) is 2.82. The second-order valence-electron chi connectivity index (χ2n) is 8.63. The zero-order valence-corrected chi connectivity index (χ0v) is 21.1. The summed E-state index contributed by atoms with van der Waals surface area (Å²) in [5, 5.41) is 14.0. The molecule has 0 saturated carbocycles. The first kappa shape index (κ1) is 29.4. The molecule has 0 saturated heterocycles. The lowest BCUT2D eigenvalue weighted by atomic mass is 10.0. The number of carbonyl (C=O) groups excluding carboxylic acids is 2. The van der Waals surface area contributed by atoms with E-state index in [0.29, 0.717) is 12.0 Å². The van der Waals surface area contributed by atoms with Crippen LogP contribution in [-0.2, 0) is 20.7 Å². The van der Waals surface area contributed by atoms with Crippen LogP contribution in [0, 0.1) is 10.1 Å². The second-order valence-corrected chi connectivity index (χ2v) is 8.63. The van der Waals surface area contributed by atoms with Gasteiger partial charge < -0.3 is 14.8 Å². The number of carbonyl (C=O) groups is 2. The number of nitrogens with zero attached hydrogens (tertiary/aromatic N) is 1. The van der Waals surface area contributed by atoms with Gasteiger partial charge in [-0.15, -0.1) is 0 Å². The van der Waals surface area contributed by atoms with E-state index in [9.17, 15) is 19.7 Å². The molecule has 8 nitrogen and oxygen atoms in total. The van der Waals surface area contributed by atoms with Crippen molar-refractivity contribution in [2.75, 3.05) is 13.7 Å². The molecule has 0 aliphatic heterocycles. The summed E-state index contributed by atoms with van der Waals surface area (Å²) in [4.78, 5) is 35.6. The largest absolute Gasteiger partial charge is 0.490 e. The Morgan fingerprint density at radius 2 is 1.56 bits per heavy atom. The molecule has 8 heteroatoms. The van der Waals surface area contributed by atoms with E-state index in [1.807, 2.05) is 0 Å². The quantitative estimate of drug-likeness (QED) is 0.115. The molecule has 0 fully saturated rings. The third kappa shape index (κ3) is 12.0. The lowest BCUT2D eigenvalue weighted by Gasteiger charge is -2.17. The number of rotatable bonds is 19. The molecule has 0 aliphatic rings. The maximum Gasteiger partial charge on any atom is 0.328 e. The van der Waals surface area contributed by atoms with E-state index in [-0.39, 0.29) is 30.4 Å². The Morgan fingerprint density at radius 1 is 0.971 bits per heavy atom. The smallest absolute Gasteiger partial charge is 0.328 e. The maximum atomic E-state index is 12.4. The first-order chi connectivity index (χ1) is 16.4. The third-order valence-corrected chi connectivity index (χ3v) is 5.79. The number of nitrogens with one attached hydrogen (secondary N) is 1. The molecule has 192 valence electrons. The molecule has 0 spiro atoms. The van der Waals surface area contributed by atoms with Gasteiger partial charge in [0.2, 0.25) is 5.91 Å². The van der Waals surface area contributed by atoms with Crippen LogP contribution in [0.3, 0.4) is 0 Å². The van der Waals surface area contributed by atoms with Crippen LogP contribution in [0.5, 0.6) is 5.75 Å². The summed E-state index contributed by atoms with van der Waals surface area (Å²) in [7, 11) is 1.36. The molecular formula is C26H42N2O6. The Kier molecular flexibility index (Phi) is 15.4. The van der Waals surface area contributed by atoms with E-state index >= 15 is 0 Å². The third-order valence-electron chi connectivity index (χ3n) is 5.79. The molecule has 1 N–H and O–H groups in total. The summed E-state index contributed by atoms with van der Waals surface area (Å²) in [6.07, 6.45) is 13.6. The zero-order chi connectivity index (χ0) is 25.2. The van der Waals surface area contributed by atoms with Crippen LogP contribution in [-0.4, -0.2) is 36.6 Å². The highest BCUT2D eigenvalue weighted by Gasteiger charge is 2.24. The Morgan fingerprint density at radius 3 is 2.09 bits per heavy atom. The Hall–Kier alpha value is -2.64. The Labute approximate surface area is 203 Å². The van der Waals surface area contributed by atoms with Gasteiger partial charge in [-0.05, 0) is 25.0 Å². The minimum Gasteiger partial charge on any atom is -0.490 e. The van der Waals surface area contributed by atoms with E-state index in [4.69, 9.17) is 9.47 Å². The van der Waals surface area contributed by atoms with Crippen LogP contribution < -0.4 is 10.1 Å². The molecule has 0 aromatic heterocycles.